The minimum Gasteiger partial charge on any atom is -0.331 e. The molecule has 8 heteroatoms. The number of rotatable bonds is 8. The first-order valence-corrected chi connectivity index (χ1v) is 13.5. The van der Waals surface area contributed by atoms with E-state index in [0.29, 0.717) is 31.8 Å². The number of carbonyl (C=O) groups excluding carboxylic acids is 3. The van der Waals surface area contributed by atoms with Crippen molar-refractivity contribution in [1.82, 2.24) is 15.1 Å². The van der Waals surface area contributed by atoms with Crippen molar-refractivity contribution in [2.75, 3.05) is 6.54 Å². The van der Waals surface area contributed by atoms with Gasteiger partial charge in [-0.1, -0.05) is 39.3 Å². The standard InChI is InChI=1S/C25H33N3O3S2/c1-4-24(2,3)18-9-11-25(12-10-18)22(30)28(23(31)26-25)17-21(29)27(15-19-7-5-13-32-19)16-20-8-6-14-33-20/h5-8,13-14,18H,4,9-12,15-17H2,1-3H3,(H,26,31). The lowest BCUT2D eigenvalue weighted by Gasteiger charge is -2.42. The molecule has 1 saturated carbocycles. The van der Waals surface area contributed by atoms with Crippen LogP contribution in [0.5, 0.6) is 0 Å². The van der Waals surface area contributed by atoms with Gasteiger partial charge in [0, 0.05) is 9.75 Å². The first-order valence-electron chi connectivity index (χ1n) is 11.7. The van der Waals surface area contributed by atoms with E-state index in [1.807, 2.05) is 35.0 Å². The van der Waals surface area contributed by atoms with Crippen LogP contribution in [0.15, 0.2) is 35.0 Å². The summed E-state index contributed by atoms with van der Waals surface area (Å²) >= 11 is 3.19. The third kappa shape index (κ3) is 5.01. The van der Waals surface area contributed by atoms with Crippen LogP contribution in [-0.4, -0.2) is 39.7 Å². The van der Waals surface area contributed by atoms with Crippen LogP contribution in [0.3, 0.4) is 0 Å². The van der Waals surface area contributed by atoms with Gasteiger partial charge < -0.3 is 10.2 Å². The number of hydrogen-bond donors (Lipinski definition) is 1. The van der Waals surface area contributed by atoms with Crippen LogP contribution in [0.1, 0.15) is 62.6 Å². The average Bonchev–Trinajstić information content (AvgIpc) is 3.54. The quantitative estimate of drug-likeness (QED) is 0.517. The Balaban J connectivity index is 1.44. The molecule has 3 heterocycles. The zero-order chi connectivity index (χ0) is 23.6. The summed E-state index contributed by atoms with van der Waals surface area (Å²) in [4.78, 5) is 44.5. The molecule has 4 rings (SSSR count). The fourth-order valence-electron chi connectivity index (χ4n) is 4.99. The Labute approximate surface area is 204 Å². The van der Waals surface area contributed by atoms with Crippen LogP contribution in [0.2, 0.25) is 0 Å². The molecule has 0 bridgehead atoms. The van der Waals surface area contributed by atoms with Gasteiger partial charge in [0.2, 0.25) is 5.91 Å². The molecule has 1 N–H and O–H groups in total. The van der Waals surface area contributed by atoms with E-state index in [9.17, 15) is 14.4 Å². The number of thiophene rings is 2. The molecular formula is C25H33N3O3S2. The minimum atomic E-state index is -0.843. The molecule has 2 aromatic heterocycles. The predicted octanol–water partition coefficient (Wildman–Crippen LogP) is 5.26. The first kappa shape index (κ1) is 24.0. The monoisotopic (exact) mass is 487 g/mol. The molecule has 1 saturated heterocycles. The molecule has 0 radical (unpaired) electrons. The summed E-state index contributed by atoms with van der Waals surface area (Å²) in [5, 5.41) is 6.94. The summed E-state index contributed by atoms with van der Waals surface area (Å²) in [5.41, 5.74) is -0.614. The topological polar surface area (TPSA) is 69.7 Å². The van der Waals surface area contributed by atoms with Gasteiger partial charge >= 0.3 is 6.03 Å². The number of carbonyl (C=O) groups is 3. The Hall–Kier alpha value is -2.19. The van der Waals surface area contributed by atoms with Crippen molar-refractivity contribution in [3.63, 3.8) is 0 Å². The largest absolute Gasteiger partial charge is 0.331 e. The number of imide groups is 1. The lowest BCUT2D eigenvalue weighted by Crippen LogP contribution is -2.51. The van der Waals surface area contributed by atoms with Gasteiger partial charge in [-0.2, -0.15) is 0 Å². The van der Waals surface area contributed by atoms with E-state index in [1.165, 1.54) is 0 Å². The lowest BCUT2D eigenvalue weighted by molar-refractivity contribution is -0.140. The molecule has 178 valence electrons. The molecule has 2 aliphatic rings. The second-order valence-corrected chi connectivity index (χ2v) is 12.0. The number of hydrogen-bond acceptors (Lipinski definition) is 5. The number of amides is 4. The van der Waals surface area contributed by atoms with Crippen LogP contribution in [0.25, 0.3) is 0 Å². The Morgan fingerprint density at radius 1 is 1.12 bits per heavy atom. The van der Waals surface area contributed by atoms with E-state index in [4.69, 9.17) is 0 Å². The highest BCUT2D eigenvalue weighted by molar-refractivity contribution is 7.10. The second-order valence-electron chi connectivity index (χ2n) is 9.93. The minimum absolute atomic E-state index is 0.210. The summed E-state index contributed by atoms with van der Waals surface area (Å²) in [5.74, 6) is 0.0968. The maximum Gasteiger partial charge on any atom is 0.325 e. The Bertz CT molecular complexity index is 940. The second kappa shape index (κ2) is 9.58. The van der Waals surface area contributed by atoms with Crippen molar-refractivity contribution in [3.8, 4) is 0 Å². The van der Waals surface area contributed by atoms with E-state index in [2.05, 4.69) is 26.1 Å². The van der Waals surface area contributed by atoms with Crippen molar-refractivity contribution >= 4 is 40.5 Å². The Kier molecular flexibility index (Phi) is 6.96. The Morgan fingerprint density at radius 2 is 1.70 bits per heavy atom. The smallest absolute Gasteiger partial charge is 0.325 e. The maximum absolute atomic E-state index is 13.4. The fourth-order valence-corrected chi connectivity index (χ4v) is 6.43. The van der Waals surface area contributed by atoms with Gasteiger partial charge in [-0.25, -0.2) is 4.79 Å². The van der Waals surface area contributed by atoms with Crippen molar-refractivity contribution < 1.29 is 14.4 Å². The summed E-state index contributed by atoms with van der Waals surface area (Å²) in [6.07, 6.45) is 4.21. The van der Waals surface area contributed by atoms with Gasteiger partial charge in [-0.05, 0) is 59.9 Å². The summed E-state index contributed by atoms with van der Waals surface area (Å²) in [6.45, 7) is 7.50. The first-order chi connectivity index (χ1) is 15.7. The fraction of sp³-hybridized carbons (Fsp3) is 0.560. The van der Waals surface area contributed by atoms with Gasteiger partial charge in [-0.15, -0.1) is 22.7 Å². The Morgan fingerprint density at radius 3 is 2.18 bits per heavy atom. The van der Waals surface area contributed by atoms with Crippen LogP contribution in [0.4, 0.5) is 4.79 Å². The molecule has 1 aliphatic heterocycles. The number of nitrogens with zero attached hydrogens (tertiary/aromatic N) is 2. The molecule has 0 aromatic carbocycles. The predicted molar refractivity (Wildman–Crippen MR) is 132 cm³/mol. The molecule has 6 nitrogen and oxygen atoms in total. The molecule has 0 atom stereocenters. The number of urea groups is 1. The molecule has 2 fully saturated rings. The van der Waals surface area contributed by atoms with E-state index in [-0.39, 0.29) is 23.8 Å². The molecule has 33 heavy (non-hydrogen) atoms. The molecule has 4 amide bonds. The molecular weight excluding hydrogens is 454 g/mol. The van der Waals surface area contributed by atoms with Crippen molar-refractivity contribution in [2.24, 2.45) is 11.3 Å². The third-order valence-corrected chi connectivity index (χ3v) is 9.32. The van der Waals surface area contributed by atoms with Gasteiger partial charge in [0.25, 0.3) is 5.91 Å². The van der Waals surface area contributed by atoms with Crippen molar-refractivity contribution in [3.05, 3.63) is 44.8 Å². The SMILES string of the molecule is CCC(C)(C)C1CCC2(CC1)NC(=O)N(CC(=O)N(Cc1cccs1)Cc1cccs1)C2=O. The maximum atomic E-state index is 13.4. The third-order valence-electron chi connectivity index (χ3n) is 7.60. The molecule has 1 aliphatic carbocycles. The highest BCUT2D eigenvalue weighted by Crippen LogP contribution is 2.45. The van der Waals surface area contributed by atoms with Crippen LogP contribution in [-0.2, 0) is 22.7 Å². The average molecular weight is 488 g/mol. The van der Waals surface area contributed by atoms with E-state index >= 15 is 0 Å². The van der Waals surface area contributed by atoms with Gasteiger partial charge in [-0.3, -0.25) is 14.5 Å². The molecule has 0 unspecified atom stereocenters. The van der Waals surface area contributed by atoms with E-state index in [0.717, 1.165) is 33.9 Å². The highest BCUT2D eigenvalue weighted by Gasteiger charge is 2.53. The van der Waals surface area contributed by atoms with E-state index < -0.39 is 11.6 Å². The zero-order valence-corrected chi connectivity index (χ0v) is 21.3. The van der Waals surface area contributed by atoms with Crippen LogP contribution in [0, 0.1) is 11.3 Å². The number of nitrogens with one attached hydrogen (secondary N) is 1. The van der Waals surface area contributed by atoms with Gasteiger partial charge in [0.1, 0.15) is 12.1 Å². The highest BCUT2D eigenvalue weighted by atomic mass is 32.1. The zero-order valence-electron chi connectivity index (χ0n) is 19.6. The van der Waals surface area contributed by atoms with Crippen LogP contribution < -0.4 is 5.32 Å². The molecule has 1 spiro atoms. The van der Waals surface area contributed by atoms with Gasteiger partial charge in [0.15, 0.2) is 0 Å². The summed E-state index contributed by atoms with van der Waals surface area (Å²) < 4.78 is 0. The van der Waals surface area contributed by atoms with Gasteiger partial charge in [0.05, 0.1) is 13.1 Å². The van der Waals surface area contributed by atoms with Crippen molar-refractivity contribution in [2.45, 2.75) is 71.5 Å². The van der Waals surface area contributed by atoms with Crippen molar-refractivity contribution in [1.29, 1.82) is 0 Å². The molecule has 2 aromatic rings. The lowest BCUT2D eigenvalue weighted by atomic mass is 9.65. The van der Waals surface area contributed by atoms with E-state index in [1.54, 1.807) is 27.6 Å². The van der Waals surface area contributed by atoms with Crippen LogP contribution >= 0.6 is 22.7 Å². The summed E-state index contributed by atoms with van der Waals surface area (Å²) in [6, 6.07) is 7.49. The normalized spacial score (nSPS) is 23.2. The summed E-state index contributed by atoms with van der Waals surface area (Å²) in [7, 11) is 0.